The van der Waals surface area contributed by atoms with Crippen LogP contribution in [0.1, 0.15) is 0 Å². The van der Waals surface area contributed by atoms with Crippen LogP contribution in [0.4, 0.5) is 5.69 Å². The number of hydrogen-bond donors (Lipinski definition) is 4. The number of H-pyrrole nitrogens is 1. The molecule has 0 unspecified atom stereocenters. The van der Waals surface area contributed by atoms with Gasteiger partial charge in [-0.2, -0.15) is 10.4 Å². The number of hydrogen-bond acceptors (Lipinski definition) is 5. The lowest BCUT2D eigenvalue weighted by Crippen LogP contribution is -2.21. The third-order valence-electron chi connectivity index (χ3n) is 2.52. The Balaban J connectivity index is 2.31. The Labute approximate surface area is 114 Å². The molecule has 1 aromatic carbocycles. The average molecular weight is 272 g/mol. The van der Waals surface area contributed by atoms with Crippen molar-refractivity contribution >= 4 is 39.9 Å². The molecule has 19 heavy (non-hydrogen) atoms. The highest BCUT2D eigenvalue weighted by atomic mass is 32.2. The minimum atomic E-state index is -0.359. The van der Waals surface area contributed by atoms with Crippen molar-refractivity contribution in [3.8, 4) is 6.07 Å². The first-order valence-corrected chi connectivity index (χ1v) is 6.61. The first kappa shape index (κ1) is 13.0. The minimum Gasteiger partial charge on any atom is -0.382 e. The number of benzene rings is 1. The standard InChI is InChI=1S/C12H12N6S/c1-19-11-6-16-9-3-2-7(4-8(9)11)17-18-10(5-13)12(14)15/h2-4,6,16-17H,1H3,(H3,14,15)/b18-10+. The molecule has 0 saturated carbocycles. The fourth-order valence-electron chi connectivity index (χ4n) is 1.60. The molecule has 0 aliphatic carbocycles. The van der Waals surface area contributed by atoms with E-state index in [0.717, 1.165) is 21.5 Å². The number of thioether (sulfide) groups is 1. The summed E-state index contributed by atoms with van der Waals surface area (Å²) in [6.07, 6.45) is 3.95. The van der Waals surface area contributed by atoms with Gasteiger partial charge in [0.1, 0.15) is 6.07 Å². The van der Waals surface area contributed by atoms with Gasteiger partial charge in [0.25, 0.3) is 0 Å². The van der Waals surface area contributed by atoms with Gasteiger partial charge in [0.15, 0.2) is 5.84 Å². The lowest BCUT2D eigenvalue weighted by Gasteiger charge is -2.02. The zero-order chi connectivity index (χ0) is 13.8. The zero-order valence-corrected chi connectivity index (χ0v) is 11.0. The maximum absolute atomic E-state index is 8.75. The summed E-state index contributed by atoms with van der Waals surface area (Å²) in [6, 6.07) is 7.44. The van der Waals surface area contributed by atoms with Crippen molar-refractivity contribution in [1.82, 2.24) is 4.98 Å². The first-order valence-electron chi connectivity index (χ1n) is 5.39. The summed E-state index contributed by atoms with van der Waals surface area (Å²) < 4.78 is 0. The fourth-order valence-corrected chi connectivity index (χ4v) is 2.16. The van der Waals surface area contributed by atoms with E-state index in [0.29, 0.717) is 0 Å². The smallest absolute Gasteiger partial charge is 0.201 e. The predicted molar refractivity (Wildman–Crippen MR) is 78.7 cm³/mol. The van der Waals surface area contributed by atoms with Gasteiger partial charge < -0.3 is 10.7 Å². The quantitative estimate of drug-likeness (QED) is 0.295. The zero-order valence-electron chi connectivity index (χ0n) is 10.2. The number of hydrazone groups is 1. The van der Waals surface area contributed by atoms with E-state index in [1.807, 2.05) is 30.7 Å². The molecule has 0 fully saturated rings. The summed E-state index contributed by atoms with van der Waals surface area (Å²) in [4.78, 5) is 4.30. The Hall–Kier alpha value is -2.46. The number of nitrogens with two attached hydrogens (primary N) is 1. The minimum absolute atomic E-state index is 0.140. The molecule has 96 valence electrons. The number of nitrogens with one attached hydrogen (secondary N) is 3. The molecule has 2 rings (SSSR count). The van der Waals surface area contributed by atoms with E-state index in [9.17, 15) is 0 Å². The Morgan fingerprint density at radius 2 is 2.37 bits per heavy atom. The van der Waals surface area contributed by atoms with Crippen molar-refractivity contribution in [1.29, 1.82) is 10.7 Å². The van der Waals surface area contributed by atoms with Crippen LogP contribution in [0, 0.1) is 16.7 Å². The van der Waals surface area contributed by atoms with Crippen molar-refractivity contribution in [2.45, 2.75) is 4.90 Å². The van der Waals surface area contributed by atoms with Crippen LogP contribution in [-0.2, 0) is 0 Å². The molecule has 0 aliphatic heterocycles. The van der Waals surface area contributed by atoms with Crippen LogP contribution in [-0.4, -0.2) is 22.8 Å². The molecule has 2 aromatic rings. The van der Waals surface area contributed by atoms with Gasteiger partial charge in [0, 0.05) is 22.0 Å². The molecular weight excluding hydrogens is 260 g/mol. The van der Waals surface area contributed by atoms with Crippen LogP contribution in [0.15, 0.2) is 34.4 Å². The summed E-state index contributed by atoms with van der Waals surface area (Å²) in [7, 11) is 0. The first-order chi connectivity index (χ1) is 9.15. The lowest BCUT2D eigenvalue weighted by atomic mass is 10.2. The van der Waals surface area contributed by atoms with Gasteiger partial charge in [-0.1, -0.05) is 0 Å². The third-order valence-corrected chi connectivity index (χ3v) is 3.30. The number of nitriles is 1. The van der Waals surface area contributed by atoms with Crippen molar-refractivity contribution in [2.24, 2.45) is 10.8 Å². The molecule has 0 spiro atoms. The van der Waals surface area contributed by atoms with E-state index in [1.54, 1.807) is 17.8 Å². The van der Waals surface area contributed by atoms with E-state index in [-0.39, 0.29) is 11.5 Å². The SMILES string of the molecule is CSc1c[nH]c2ccc(N/N=C(\C#N)C(=N)N)cc12. The van der Waals surface area contributed by atoms with Crippen LogP contribution in [0.3, 0.4) is 0 Å². The highest BCUT2D eigenvalue weighted by Crippen LogP contribution is 2.28. The molecular formula is C12H12N6S. The molecule has 0 aliphatic rings. The van der Waals surface area contributed by atoms with E-state index in [2.05, 4.69) is 15.5 Å². The Morgan fingerprint density at radius 3 is 3.00 bits per heavy atom. The van der Waals surface area contributed by atoms with Crippen molar-refractivity contribution in [3.05, 3.63) is 24.4 Å². The third kappa shape index (κ3) is 2.69. The maximum atomic E-state index is 8.75. The van der Waals surface area contributed by atoms with E-state index in [1.165, 1.54) is 0 Å². The van der Waals surface area contributed by atoms with Crippen molar-refractivity contribution in [3.63, 3.8) is 0 Å². The molecule has 0 saturated heterocycles. The summed E-state index contributed by atoms with van der Waals surface area (Å²) in [5.41, 5.74) is 9.57. The second kappa shape index (κ2) is 5.46. The molecule has 1 aromatic heterocycles. The van der Waals surface area contributed by atoms with Gasteiger partial charge >= 0.3 is 0 Å². The summed E-state index contributed by atoms with van der Waals surface area (Å²) >= 11 is 1.65. The summed E-state index contributed by atoms with van der Waals surface area (Å²) in [6.45, 7) is 0. The number of rotatable bonds is 4. The van der Waals surface area contributed by atoms with Gasteiger partial charge in [0.2, 0.25) is 5.71 Å². The van der Waals surface area contributed by atoms with E-state index >= 15 is 0 Å². The second-order valence-corrected chi connectivity index (χ2v) is 4.56. The van der Waals surface area contributed by atoms with Crippen molar-refractivity contribution < 1.29 is 0 Å². The highest BCUT2D eigenvalue weighted by molar-refractivity contribution is 7.98. The molecule has 0 bridgehead atoms. The molecule has 0 radical (unpaired) electrons. The van der Waals surface area contributed by atoms with Crippen LogP contribution in [0.2, 0.25) is 0 Å². The van der Waals surface area contributed by atoms with Gasteiger partial charge in [0.05, 0.1) is 5.69 Å². The second-order valence-electron chi connectivity index (χ2n) is 3.72. The topological polar surface area (TPSA) is 114 Å². The van der Waals surface area contributed by atoms with E-state index < -0.39 is 0 Å². The molecule has 1 heterocycles. The fraction of sp³-hybridized carbons (Fsp3) is 0.0833. The Bertz CT molecular complexity index is 694. The number of anilines is 1. The Kier molecular flexibility index (Phi) is 3.73. The summed E-state index contributed by atoms with van der Waals surface area (Å²) in [5.74, 6) is -0.359. The summed E-state index contributed by atoms with van der Waals surface area (Å²) in [5, 5.41) is 20.8. The maximum Gasteiger partial charge on any atom is 0.201 e. The van der Waals surface area contributed by atoms with Crippen LogP contribution in [0.5, 0.6) is 0 Å². The molecule has 7 heteroatoms. The van der Waals surface area contributed by atoms with Crippen LogP contribution >= 0.6 is 11.8 Å². The monoisotopic (exact) mass is 272 g/mol. The normalized spacial score (nSPS) is 11.3. The van der Waals surface area contributed by atoms with Gasteiger partial charge in [-0.3, -0.25) is 10.8 Å². The largest absolute Gasteiger partial charge is 0.382 e. The number of amidine groups is 1. The number of nitrogens with zero attached hydrogens (tertiary/aromatic N) is 2. The molecule has 5 N–H and O–H groups in total. The van der Waals surface area contributed by atoms with Crippen molar-refractivity contribution in [2.75, 3.05) is 11.7 Å². The van der Waals surface area contributed by atoms with Crippen LogP contribution < -0.4 is 11.2 Å². The molecule has 6 nitrogen and oxygen atoms in total. The highest BCUT2D eigenvalue weighted by Gasteiger charge is 2.04. The number of fused-ring (bicyclic) bond motifs is 1. The molecule has 0 atom stereocenters. The number of aromatic amines is 1. The van der Waals surface area contributed by atoms with Gasteiger partial charge in [-0.05, 0) is 24.5 Å². The van der Waals surface area contributed by atoms with Crippen LogP contribution in [0.25, 0.3) is 10.9 Å². The predicted octanol–water partition coefficient (Wildman–Crippen LogP) is 2.12. The van der Waals surface area contributed by atoms with Gasteiger partial charge in [-0.15, -0.1) is 11.8 Å². The van der Waals surface area contributed by atoms with Gasteiger partial charge in [-0.25, -0.2) is 0 Å². The van der Waals surface area contributed by atoms with E-state index in [4.69, 9.17) is 16.4 Å². The Morgan fingerprint density at radius 1 is 1.58 bits per heavy atom. The molecule has 0 amide bonds. The number of aromatic nitrogens is 1. The lowest BCUT2D eigenvalue weighted by molar-refractivity contribution is 1.34. The average Bonchev–Trinajstić information content (AvgIpc) is 2.81.